The molecule has 2 aliphatic rings. The van der Waals surface area contributed by atoms with Crippen molar-refractivity contribution >= 4 is 34.0 Å². The lowest BCUT2D eigenvalue weighted by Crippen LogP contribution is -2.47. The molecule has 2 N–H and O–H groups in total. The molecule has 7 rings (SSSR count). The lowest BCUT2D eigenvalue weighted by atomic mass is 9.95. The molecule has 8 heteroatoms. The van der Waals surface area contributed by atoms with Crippen molar-refractivity contribution in [3.8, 4) is 11.1 Å². The van der Waals surface area contributed by atoms with Gasteiger partial charge in [-0.3, -0.25) is 9.89 Å². The Kier molecular flexibility index (Phi) is 5.73. The summed E-state index contributed by atoms with van der Waals surface area (Å²) in [6.45, 7) is 3.40. The van der Waals surface area contributed by atoms with E-state index >= 15 is 0 Å². The van der Waals surface area contributed by atoms with Gasteiger partial charge in [0.05, 0.1) is 17.1 Å². The molecule has 1 aliphatic carbocycles. The highest BCUT2D eigenvalue weighted by Crippen LogP contribution is 2.49. The number of anilines is 3. The first-order chi connectivity index (χ1) is 19.2. The van der Waals surface area contributed by atoms with E-state index in [4.69, 9.17) is 0 Å². The van der Waals surface area contributed by atoms with Gasteiger partial charge in [0.15, 0.2) is 0 Å². The van der Waals surface area contributed by atoms with Gasteiger partial charge in [-0.05, 0) is 54.3 Å². The van der Waals surface area contributed by atoms with Gasteiger partial charge in [0, 0.05) is 54.7 Å². The van der Waals surface area contributed by atoms with Crippen LogP contribution >= 0.6 is 0 Å². The number of hydrogen-bond donors (Lipinski definition) is 2. The third-order valence-corrected chi connectivity index (χ3v) is 8.01. The summed E-state index contributed by atoms with van der Waals surface area (Å²) in [5.74, 6) is 1.04. The van der Waals surface area contributed by atoms with Crippen molar-refractivity contribution in [1.29, 1.82) is 0 Å². The van der Waals surface area contributed by atoms with Gasteiger partial charge in [0.2, 0.25) is 5.91 Å². The summed E-state index contributed by atoms with van der Waals surface area (Å²) in [5.41, 5.74) is 5.74. The molecule has 194 valence electrons. The molecule has 39 heavy (non-hydrogen) atoms. The number of fused-ring (bicyclic) bond motifs is 1. The van der Waals surface area contributed by atoms with E-state index in [-0.39, 0.29) is 11.3 Å². The van der Waals surface area contributed by atoms with Crippen LogP contribution in [0.1, 0.15) is 18.4 Å². The molecule has 1 saturated heterocycles. The van der Waals surface area contributed by atoms with E-state index in [0.717, 1.165) is 83.8 Å². The summed E-state index contributed by atoms with van der Waals surface area (Å²) in [5, 5.41) is 11.2. The van der Waals surface area contributed by atoms with E-state index in [2.05, 4.69) is 71.7 Å². The fraction of sp³-hybridized carbons (Fsp3) is 0.226. The second-order valence-corrected chi connectivity index (χ2v) is 10.3. The van der Waals surface area contributed by atoms with Crippen LogP contribution in [-0.4, -0.2) is 52.3 Å². The number of aromatic nitrogens is 4. The highest BCUT2D eigenvalue weighted by molar-refractivity contribution is 6.01. The Labute approximate surface area is 226 Å². The molecule has 2 aromatic heterocycles. The Morgan fingerprint density at radius 3 is 2.44 bits per heavy atom. The molecule has 0 atom stereocenters. The quantitative estimate of drug-likeness (QED) is 0.330. The minimum atomic E-state index is -0.388. The number of rotatable bonds is 6. The van der Waals surface area contributed by atoms with Crippen molar-refractivity contribution in [2.75, 3.05) is 41.3 Å². The fourth-order valence-corrected chi connectivity index (χ4v) is 5.62. The maximum atomic E-state index is 13.2. The van der Waals surface area contributed by atoms with E-state index in [0.29, 0.717) is 0 Å². The van der Waals surface area contributed by atoms with E-state index < -0.39 is 0 Å². The van der Waals surface area contributed by atoms with Crippen molar-refractivity contribution < 1.29 is 4.79 Å². The summed E-state index contributed by atoms with van der Waals surface area (Å²) in [6, 6.07) is 24.6. The second kappa shape index (κ2) is 9.54. The lowest BCUT2D eigenvalue weighted by molar-refractivity contribution is -0.118. The number of nitrogens with zero attached hydrogens (tertiary/aromatic N) is 5. The first-order valence-corrected chi connectivity index (χ1v) is 13.4. The SMILES string of the molecule is O=C(Nc1cccc(N2CCN(c3ncnc4ccc(-c5cn[nH]c5)cc34)CC2)c1)C1(c2ccccc2)CC1. The number of H-pyrrole nitrogens is 1. The molecule has 1 saturated carbocycles. The highest BCUT2D eigenvalue weighted by atomic mass is 16.2. The molecule has 1 amide bonds. The minimum absolute atomic E-state index is 0.0844. The lowest BCUT2D eigenvalue weighted by Gasteiger charge is -2.37. The van der Waals surface area contributed by atoms with Crippen LogP contribution in [0.25, 0.3) is 22.0 Å². The van der Waals surface area contributed by atoms with Crippen LogP contribution in [0.3, 0.4) is 0 Å². The third kappa shape index (κ3) is 4.37. The van der Waals surface area contributed by atoms with Crippen LogP contribution in [0, 0.1) is 0 Å². The third-order valence-electron chi connectivity index (χ3n) is 8.01. The number of piperazine rings is 1. The Morgan fingerprint density at radius 1 is 0.846 bits per heavy atom. The van der Waals surface area contributed by atoms with Gasteiger partial charge < -0.3 is 15.1 Å². The molecule has 3 heterocycles. The monoisotopic (exact) mass is 515 g/mol. The maximum Gasteiger partial charge on any atom is 0.235 e. The summed E-state index contributed by atoms with van der Waals surface area (Å²) in [7, 11) is 0. The van der Waals surface area contributed by atoms with Crippen LogP contribution < -0.4 is 15.1 Å². The Bertz CT molecular complexity index is 1620. The Balaban J connectivity index is 1.06. The first-order valence-electron chi connectivity index (χ1n) is 13.4. The molecule has 5 aromatic rings. The molecule has 0 bridgehead atoms. The number of carbonyl (C=O) groups is 1. The highest BCUT2D eigenvalue weighted by Gasteiger charge is 2.51. The van der Waals surface area contributed by atoms with E-state index in [9.17, 15) is 4.79 Å². The van der Waals surface area contributed by atoms with E-state index in [1.807, 2.05) is 48.8 Å². The van der Waals surface area contributed by atoms with Crippen molar-refractivity contribution in [2.45, 2.75) is 18.3 Å². The van der Waals surface area contributed by atoms with E-state index in [1.165, 1.54) is 0 Å². The van der Waals surface area contributed by atoms with Gasteiger partial charge in [0.1, 0.15) is 12.1 Å². The Morgan fingerprint density at radius 2 is 1.67 bits per heavy atom. The van der Waals surface area contributed by atoms with Crippen molar-refractivity contribution in [3.05, 3.63) is 97.1 Å². The maximum absolute atomic E-state index is 13.2. The summed E-state index contributed by atoms with van der Waals surface area (Å²) in [4.78, 5) is 27.1. The number of carbonyl (C=O) groups excluding carboxylic acids is 1. The van der Waals surface area contributed by atoms with Gasteiger partial charge >= 0.3 is 0 Å². The van der Waals surface area contributed by atoms with Gasteiger partial charge in [-0.1, -0.05) is 42.5 Å². The average molecular weight is 516 g/mol. The first kappa shape index (κ1) is 23.4. The Hall–Kier alpha value is -4.72. The second-order valence-electron chi connectivity index (χ2n) is 10.3. The molecular formula is C31H29N7O. The number of nitrogens with one attached hydrogen (secondary N) is 2. The predicted molar refractivity (Wildman–Crippen MR) is 154 cm³/mol. The topological polar surface area (TPSA) is 90.0 Å². The zero-order chi connectivity index (χ0) is 26.2. The predicted octanol–water partition coefficient (Wildman–Crippen LogP) is 5.02. The molecule has 2 fully saturated rings. The summed E-state index contributed by atoms with van der Waals surface area (Å²) in [6.07, 6.45) is 7.16. The van der Waals surface area contributed by atoms with Crippen LogP contribution in [0.4, 0.5) is 17.2 Å². The molecule has 8 nitrogen and oxygen atoms in total. The zero-order valence-corrected chi connectivity index (χ0v) is 21.5. The molecule has 0 unspecified atom stereocenters. The molecule has 0 spiro atoms. The average Bonchev–Trinajstić information content (AvgIpc) is 3.63. The molecule has 3 aromatic carbocycles. The van der Waals surface area contributed by atoms with E-state index in [1.54, 1.807) is 6.33 Å². The summed E-state index contributed by atoms with van der Waals surface area (Å²) < 4.78 is 0. The van der Waals surface area contributed by atoms with Gasteiger partial charge in [-0.25, -0.2) is 9.97 Å². The number of amides is 1. The number of hydrogen-bond acceptors (Lipinski definition) is 6. The van der Waals surface area contributed by atoms with Crippen molar-refractivity contribution in [2.24, 2.45) is 0 Å². The minimum Gasteiger partial charge on any atom is -0.368 e. The standard InChI is InChI=1S/C31H29N7O/c39-30(31(11-12-31)24-5-2-1-3-6-24)36-25-7-4-8-26(18-25)37-13-15-38(16-14-37)29-27-17-22(23-19-34-35-20-23)9-10-28(27)32-21-33-29/h1-10,17-21H,11-16H2,(H,34,35)(H,36,39). The zero-order valence-electron chi connectivity index (χ0n) is 21.5. The number of benzene rings is 3. The normalized spacial score (nSPS) is 16.3. The van der Waals surface area contributed by atoms with Crippen molar-refractivity contribution in [1.82, 2.24) is 20.2 Å². The summed E-state index contributed by atoms with van der Waals surface area (Å²) >= 11 is 0. The van der Waals surface area contributed by atoms with Crippen molar-refractivity contribution in [3.63, 3.8) is 0 Å². The fourth-order valence-electron chi connectivity index (χ4n) is 5.62. The van der Waals surface area contributed by atoms with Crippen LogP contribution in [0.2, 0.25) is 0 Å². The van der Waals surface area contributed by atoms with Crippen LogP contribution in [0.5, 0.6) is 0 Å². The van der Waals surface area contributed by atoms with Crippen LogP contribution in [0.15, 0.2) is 91.5 Å². The smallest absolute Gasteiger partial charge is 0.235 e. The largest absolute Gasteiger partial charge is 0.368 e. The van der Waals surface area contributed by atoms with Crippen LogP contribution in [-0.2, 0) is 10.2 Å². The number of aromatic amines is 1. The molecular weight excluding hydrogens is 486 g/mol. The molecule has 1 aliphatic heterocycles. The van der Waals surface area contributed by atoms with Gasteiger partial charge in [0.25, 0.3) is 0 Å². The van der Waals surface area contributed by atoms with Gasteiger partial charge in [-0.15, -0.1) is 0 Å². The molecule has 0 radical (unpaired) electrons. The van der Waals surface area contributed by atoms with Gasteiger partial charge in [-0.2, -0.15) is 5.10 Å².